The van der Waals surface area contributed by atoms with Gasteiger partial charge in [-0.15, -0.1) is 0 Å². The molecule has 0 amide bonds. The van der Waals surface area contributed by atoms with E-state index in [9.17, 15) is 0 Å². The van der Waals surface area contributed by atoms with Crippen molar-refractivity contribution < 1.29 is 4.74 Å². The summed E-state index contributed by atoms with van der Waals surface area (Å²) < 4.78 is 6.14. The number of hydrogen-bond acceptors (Lipinski definition) is 2. The lowest BCUT2D eigenvalue weighted by Gasteiger charge is -2.05. The van der Waals surface area contributed by atoms with Gasteiger partial charge in [-0.2, -0.15) is 0 Å². The summed E-state index contributed by atoms with van der Waals surface area (Å²) in [5, 5.41) is 2.23. The zero-order chi connectivity index (χ0) is 9.26. The summed E-state index contributed by atoms with van der Waals surface area (Å²) in [7, 11) is 1.66. The van der Waals surface area contributed by atoms with Crippen LogP contribution in [0.3, 0.4) is 0 Å². The Morgan fingerprint density at radius 3 is 2.92 bits per heavy atom. The molecule has 0 fully saturated rings. The molecule has 0 spiro atoms. The number of halogens is 1. The van der Waals surface area contributed by atoms with Gasteiger partial charge in [-0.25, -0.2) is 0 Å². The summed E-state index contributed by atoms with van der Waals surface area (Å²) in [6.07, 6.45) is 3.60. The van der Waals surface area contributed by atoms with Crippen LogP contribution in [0.5, 0.6) is 5.75 Å². The Morgan fingerprint density at radius 2 is 2.15 bits per heavy atom. The maximum absolute atomic E-state index is 5.18. The third-order valence-corrected chi connectivity index (χ3v) is 2.76. The van der Waals surface area contributed by atoms with Crippen LogP contribution in [0.25, 0.3) is 10.8 Å². The van der Waals surface area contributed by atoms with Crippen LogP contribution >= 0.6 is 15.9 Å². The number of methoxy groups -OCH3 is 1. The second-order valence-corrected chi connectivity index (χ2v) is 3.47. The Hall–Kier alpha value is -1.09. The molecular formula is C10H8BrNO. The minimum absolute atomic E-state index is 0.834. The number of hydrogen-bond donors (Lipinski definition) is 0. The highest BCUT2D eigenvalue weighted by molar-refractivity contribution is 9.10. The number of nitrogens with zero attached hydrogens (tertiary/aromatic N) is 1. The van der Waals surface area contributed by atoms with Gasteiger partial charge in [-0.05, 0) is 33.4 Å². The largest absolute Gasteiger partial charge is 0.496 e. The molecule has 2 rings (SSSR count). The van der Waals surface area contributed by atoms with E-state index in [1.807, 2.05) is 24.4 Å². The second kappa shape index (κ2) is 3.34. The Balaban J connectivity index is 2.79. The van der Waals surface area contributed by atoms with E-state index in [2.05, 4.69) is 20.9 Å². The molecule has 0 unspecified atom stereocenters. The highest BCUT2D eigenvalue weighted by Crippen LogP contribution is 2.31. The molecular weight excluding hydrogens is 230 g/mol. The van der Waals surface area contributed by atoms with Crippen molar-refractivity contribution >= 4 is 26.7 Å². The maximum atomic E-state index is 5.18. The van der Waals surface area contributed by atoms with Crippen LogP contribution in [-0.4, -0.2) is 12.1 Å². The van der Waals surface area contributed by atoms with Crippen LogP contribution in [0.4, 0.5) is 0 Å². The van der Waals surface area contributed by atoms with Gasteiger partial charge in [0.15, 0.2) is 0 Å². The van der Waals surface area contributed by atoms with Crippen molar-refractivity contribution in [3.8, 4) is 5.75 Å². The quantitative estimate of drug-likeness (QED) is 0.761. The van der Waals surface area contributed by atoms with Gasteiger partial charge < -0.3 is 4.74 Å². The first-order chi connectivity index (χ1) is 6.33. The first kappa shape index (κ1) is 8.51. The molecule has 2 nitrogen and oxygen atoms in total. The first-order valence-electron chi connectivity index (χ1n) is 3.89. The van der Waals surface area contributed by atoms with Crippen molar-refractivity contribution in [2.75, 3.05) is 7.11 Å². The molecule has 13 heavy (non-hydrogen) atoms. The van der Waals surface area contributed by atoms with Gasteiger partial charge >= 0.3 is 0 Å². The van der Waals surface area contributed by atoms with Gasteiger partial charge in [0.25, 0.3) is 0 Å². The van der Waals surface area contributed by atoms with Gasteiger partial charge in [0.1, 0.15) is 5.75 Å². The van der Waals surface area contributed by atoms with E-state index < -0.39 is 0 Å². The van der Waals surface area contributed by atoms with Crippen molar-refractivity contribution in [1.29, 1.82) is 0 Å². The lowest BCUT2D eigenvalue weighted by atomic mass is 10.2. The summed E-state index contributed by atoms with van der Waals surface area (Å²) in [6.45, 7) is 0. The highest BCUT2D eigenvalue weighted by Gasteiger charge is 2.03. The standard InChI is InChI=1S/C10H8BrNO/c1-13-9-3-2-7-4-5-12-6-8(7)10(9)11/h2-6H,1H3. The van der Waals surface area contributed by atoms with Crippen LogP contribution in [0.2, 0.25) is 0 Å². The predicted molar refractivity (Wildman–Crippen MR) is 56.0 cm³/mol. The first-order valence-corrected chi connectivity index (χ1v) is 4.68. The SMILES string of the molecule is COc1ccc2ccncc2c1Br. The average Bonchev–Trinajstić information content (AvgIpc) is 2.19. The van der Waals surface area contributed by atoms with Gasteiger partial charge in [-0.1, -0.05) is 6.07 Å². The molecule has 1 heterocycles. The van der Waals surface area contributed by atoms with Gasteiger partial charge in [0.2, 0.25) is 0 Å². The van der Waals surface area contributed by atoms with E-state index in [4.69, 9.17) is 4.74 Å². The summed E-state index contributed by atoms with van der Waals surface area (Å²) in [5.41, 5.74) is 0. The zero-order valence-electron chi connectivity index (χ0n) is 7.12. The third-order valence-electron chi connectivity index (χ3n) is 1.94. The van der Waals surface area contributed by atoms with E-state index in [0.29, 0.717) is 0 Å². The van der Waals surface area contributed by atoms with E-state index in [1.54, 1.807) is 13.3 Å². The van der Waals surface area contributed by atoms with Crippen LogP contribution in [-0.2, 0) is 0 Å². The molecule has 1 aromatic carbocycles. The summed E-state index contributed by atoms with van der Waals surface area (Å²) in [5.74, 6) is 0.834. The number of pyridine rings is 1. The maximum Gasteiger partial charge on any atom is 0.133 e. The molecule has 0 radical (unpaired) electrons. The molecule has 0 saturated heterocycles. The van der Waals surface area contributed by atoms with Crippen molar-refractivity contribution in [3.05, 3.63) is 35.1 Å². The molecule has 1 aromatic heterocycles. The number of ether oxygens (including phenoxy) is 1. The Morgan fingerprint density at radius 1 is 1.31 bits per heavy atom. The minimum atomic E-state index is 0.834. The van der Waals surface area contributed by atoms with E-state index in [0.717, 1.165) is 21.0 Å². The third kappa shape index (κ3) is 1.40. The van der Waals surface area contributed by atoms with Crippen molar-refractivity contribution in [2.24, 2.45) is 0 Å². The molecule has 0 N–H and O–H groups in total. The highest BCUT2D eigenvalue weighted by atomic mass is 79.9. The smallest absolute Gasteiger partial charge is 0.133 e. The predicted octanol–water partition coefficient (Wildman–Crippen LogP) is 3.01. The summed E-state index contributed by atoms with van der Waals surface area (Å²) >= 11 is 3.48. The van der Waals surface area contributed by atoms with Gasteiger partial charge in [0.05, 0.1) is 11.6 Å². The fourth-order valence-electron chi connectivity index (χ4n) is 1.26. The molecule has 0 aliphatic rings. The lowest BCUT2D eigenvalue weighted by Crippen LogP contribution is -1.85. The molecule has 2 aromatic rings. The number of aromatic nitrogens is 1. The normalized spacial score (nSPS) is 10.3. The van der Waals surface area contributed by atoms with E-state index >= 15 is 0 Å². The Bertz CT molecular complexity index is 442. The molecule has 0 bridgehead atoms. The fourth-order valence-corrected chi connectivity index (χ4v) is 1.89. The van der Waals surface area contributed by atoms with E-state index in [1.165, 1.54) is 0 Å². The topological polar surface area (TPSA) is 22.1 Å². The monoisotopic (exact) mass is 237 g/mol. The Kier molecular flexibility index (Phi) is 2.19. The van der Waals surface area contributed by atoms with Crippen LogP contribution in [0.15, 0.2) is 35.1 Å². The summed E-state index contributed by atoms with van der Waals surface area (Å²) in [4.78, 5) is 4.06. The molecule has 0 aliphatic heterocycles. The van der Waals surface area contributed by atoms with Gasteiger partial charge in [0, 0.05) is 17.8 Å². The van der Waals surface area contributed by atoms with Crippen molar-refractivity contribution in [2.45, 2.75) is 0 Å². The summed E-state index contributed by atoms with van der Waals surface area (Å²) in [6, 6.07) is 5.92. The minimum Gasteiger partial charge on any atom is -0.496 e. The second-order valence-electron chi connectivity index (χ2n) is 2.68. The van der Waals surface area contributed by atoms with Gasteiger partial charge in [-0.3, -0.25) is 4.98 Å². The number of rotatable bonds is 1. The van der Waals surface area contributed by atoms with E-state index in [-0.39, 0.29) is 0 Å². The molecule has 3 heteroatoms. The van der Waals surface area contributed by atoms with Crippen LogP contribution in [0, 0.1) is 0 Å². The lowest BCUT2D eigenvalue weighted by molar-refractivity contribution is 0.413. The molecule has 0 saturated carbocycles. The Labute approximate surface area is 84.7 Å². The molecule has 0 atom stereocenters. The number of benzene rings is 1. The van der Waals surface area contributed by atoms with Crippen LogP contribution < -0.4 is 4.74 Å². The molecule has 66 valence electrons. The molecule has 0 aliphatic carbocycles. The van der Waals surface area contributed by atoms with Crippen LogP contribution in [0.1, 0.15) is 0 Å². The fraction of sp³-hybridized carbons (Fsp3) is 0.100. The average molecular weight is 238 g/mol. The zero-order valence-corrected chi connectivity index (χ0v) is 8.71. The number of fused-ring (bicyclic) bond motifs is 1. The van der Waals surface area contributed by atoms with Crippen molar-refractivity contribution in [3.63, 3.8) is 0 Å². The van der Waals surface area contributed by atoms with Crippen molar-refractivity contribution in [1.82, 2.24) is 4.98 Å².